The molecule has 15 heavy (non-hydrogen) atoms. The number of hydrogen-bond donors (Lipinski definition) is 1. The summed E-state index contributed by atoms with van der Waals surface area (Å²) in [5.74, 6) is 0.290. The number of fused-ring (bicyclic) bond motifs is 1. The predicted octanol–water partition coefficient (Wildman–Crippen LogP) is 2.06. The average molecular weight is 201 g/mol. The first-order valence-electron chi connectivity index (χ1n) is 4.40. The number of anilines is 1. The fourth-order valence-corrected chi connectivity index (χ4v) is 1.53. The van der Waals surface area contributed by atoms with Crippen LogP contribution in [0, 0.1) is 0 Å². The molecule has 0 aliphatic heterocycles. The standard InChI is InChI=1S/C10H7N3O2/c11-10-4-8(13-15-10)6-2-1-3-9-7(6)5-12-14-9/h1-5H,11H2. The zero-order valence-electron chi connectivity index (χ0n) is 7.68. The monoisotopic (exact) mass is 201 g/mol. The lowest BCUT2D eigenvalue weighted by molar-refractivity contribution is 0.439. The smallest absolute Gasteiger partial charge is 0.222 e. The second-order valence-electron chi connectivity index (χ2n) is 3.16. The molecule has 0 saturated heterocycles. The Hall–Kier alpha value is -2.30. The molecule has 0 aliphatic carbocycles. The van der Waals surface area contributed by atoms with Crippen molar-refractivity contribution in [1.29, 1.82) is 0 Å². The van der Waals surface area contributed by atoms with E-state index in [1.807, 2.05) is 18.2 Å². The number of aromatic nitrogens is 2. The maximum Gasteiger partial charge on any atom is 0.222 e. The minimum absolute atomic E-state index is 0.290. The van der Waals surface area contributed by atoms with Gasteiger partial charge in [-0.3, -0.25) is 0 Å². The van der Waals surface area contributed by atoms with Crippen molar-refractivity contribution in [3.8, 4) is 11.3 Å². The highest BCUT2D eigenvalue weighted by molar-refractivity contribution is 5.92. The molecule has 0 saturated carbocycles. The molecular weight excluding hydrogens is 194 g/mol. The normalized spacial score (nSPS) is 10.9. The molecule has 2 N–H and O–H groups in total. The summed E-state index contributed by atoms with van der Waals surface area (Å²) in [6.45, 7) is 0. The first-order valence-corrected chi connectivity index (χ1v) is 4.40. The van der Waals surface area contributed by atoms with E-state index < -0.39 is 0 Å². The van der Waals surface area contributed by atoms with Gasteiger partial charge in [0, 0.05) is 11.6 Å². The van der Waals surface area contributed by atoms with Crippen molar-refractivity contribution >= 4 is 16.9 Å². The van der Waals surface area contributed by atoms with E-state index in [4.69, 9.17) is 14.8 Å². The zero-order valence-corrected chi connectivity index (χ0v) is 7.68. The molecule has 0 bridgehead atoms. The van der Waals surface area contributed by atoms with Gasteiger partial charge in [-0.05, 0) is 6.07 Å². The van der Waals surface area contributed by atoms with E-state index in [-0.39, 0.29) is 0 Å². The SMILES string of the molecule is Nc1cc(-c2cccc3oncc23)no1. The van der Waals surface area contributed by atoms with Crippen molar-refractivity contribution < 1.29 is 9.05 Å². The van der Waals surface area contributed by atoms with Crippen LogP contribution in [-0.4, -0.2) is 10.3 Å². The van der Waals surface area contributed by atoms with Crippen LogP contribution in [0.1, 0.15) is 0 Å². The van der Waals surface area contributed by atoms with E-state index in [0.717, 1.165) is 10.9 Å². The van der Waals surface area contributed by atoms with Gasteiger partial charge >= 0.3 is 0 Å². The Labute approximate surface area is 84.4 Å². The number of nitrogens with two attached hydrogens (primary N) is 1. The highest BCUT2D eigenvalue weighted by atomic mass is 16.5. The Kier molecular flexibility index (Phi) is 1.53. The summed E-state index contributed by atoms with van der Waals surface area (Å²) in [4.78, 5) is 0. The first-order chi connectivity index (χ1) is 7.34. The minimum atomic E-state index is 0.290. The summed E-state index contributed by atoms with van der Waals surface area (Å²) in [6.07, 6.45) is 1.65. The maximum absolute atomic E-state index is 5.47. The van der Waals surface area contributed by atoms with E-state index in [1.165, 1.54) is 0 Å². The topological polar surface area (TPSA) is 78.1 Å². The lowest BCUT2D eigenvalue weighted by Crippen LogP contribution is -1.78. The van der Waals surface area contributed by atoms with Crippen LogP contribution in [-0.2, 0) is 0 Å². The van der Waals surface area contributed by atoms with Crippen molar-refractivity contribution in [2.45, 2.75) is 0 Å². The van der Waals surface area contributed by atoms with Crippen molar-refractivity contribution in [3.05, 3.63) is 30.5 Å². The zero-order chi connectivity index (χ0) is 10.3. The van der Waals surface area contributed by atoms with Crippen molar-refractivity contribution in [1.82, 2.24) is 10.3 Å². The molecule has 0 unspecified atom stereocenters. The molecule has 0 fully saturated rings. The molecule has 74 valence electrons. The third-order valence-electron chi connectivity index (χ3n) is 2.20. The van der Waals surface area contributed by atoms with Crippen LogP contribution in [0.3, 0.4) is 0 Å². The van der Waals surface area contributed by atoms with Gasteiger partial charge in [-0.1, -0.05) is 22.4 Å². The molecule has 3 aromatic rings. The molecule has 5 nitrogen and oxygen atoms in total. The van der Waals surface area contributed by atoms with Gasteiger partial charge in [0.15, 0.2) is 5.58 Å². The highest BCUT2D eigenvalue weighted by Crippen LogP contribution is 2.28. The van der Waals surface area contributed by atoms with Gasteiger partial charge in [0.2, 0.25) is 5.88 Å². The Bertz CT molecular complexity index is 612. The Balaban J connectivity index is 2.30. The van der Waals surface area contributed by atoms with Gasteiger partial charge in [0.1, 0.15) is 5.69 Å². The molecule has 0 atom stereocenters. The number of rotatable bonds is 1. The summed E-state index contributed by atoms with van der Waals surface area (Å²) < 4.78 is 9.87. The van der Waals surface area contributed by atoms with E-state index >= 15 is 0 Å². The Morgan fingerprint density at radius 2 is 2.13 bits per heavy atom. The van der Waals surface area contributed by atoms with E-state index in [9.17, 15) is 0 Å². The van der Waals surface area contributed by atoms with Gasteiger partial charge in [-0.15, -0.1) is 0 Å². The van der Waals surface area contributed by atoms with E-state index in [0.29, 0.717) is 17.2 Å². The van der Waals surface area contributed by atoms with Crippen molar-refractivity contribution in [2.24, 2.45) is 0 Å². The van der Waals surface area contributed by atoms with Gasteiger partial charge < -0.3 is 14.8 Å². The van der Waals surface area contributed by atoms with Crippen LogP contribution in [0.2, 0.25) is 0 Å². The predicted molar refractivity (Wildman–Crippen MR) is 53.9 cm³/mol. The van der Waals surface area contributed by atoms with Gasteiger partial charge in [0.25, 0.3) is 0 Å². The molecule has 2 heterocycles. The number of benzene rings is 1. The fourth-order valence-electron chi connectivity index (χ4n) is 1.53. The lowest BCUT2D eigenvalue weighted by Gasteiger charge is -1.94. The molecule has 1 aromatic carbocycles. The van der Waals surface area contributed by atoms with Gasteiger partial charge in [-0.25, -0.2) is 0 Å². The lowest BCUT2D eigenvalue weighted by atomic mass is 10.1. The average Bonchev–Trinajstić information content (AvgIpc) is 2.84. The second-order valence-corrected chi connectivity index (χ2v) is 3.16. The highest BCUT2D eigenvalue weighted by Gasteiger charge is 2.10. The van der Waals surface area contributed by atoms with Gasteiger partial charge in [0.05, 0.1) is 11.6 Å². The van der Waals surface area contributed by atoms with Crippen molar-refractivity contribution in [3.63, 3.8) is 0 Å². The number of nitrogens with zero attached hydrogens (tertiary/aromatic N) is 2. The van der Waals surface area contributed by atoms with Crippen molar-refractivity contribution in [2.75, 3.05) is 5.73 Å². The van der Waals surface area contributed by atoms with Gasteiger partial charge in [-0.2, -0.15) is 0 Å². The largest absolute Gasteiger partial charge is 0.368 e. The first kappa shape index (κ1) is 8.05. The molecular formula is C10H7N3O2. The number of nitrogen functional groups attached to an aromatic ring is 1. The minimum Gasteiger partial charge on any atom is -0.368 e. The summed E-state index contributed by atoms with van der Waals surface area (Å²) in [6, 6.07) is 7.29. The van der Waals surface area contributed by atoms with Crippen LogP contribution < -0.4 is 5.73 Å². The van der Waals surface area contributed by atoms with Crippen LogP contribution in [0.25, 0.3) is 22.2 Å². The van der Waals surface area contributed by atoms with Crippen LogP contribution in [0.15, 0.2) is 39.5 Å². The molecule has 5 heteroatoms. The molecule has 0 radical (unpaired) electrons. The Morgan fingerprint density at radius 1 is 1.20 bits per heavy atom. The van der Waals surface area contributed by atoms with Crippen LogP contribution in [0.4, 0.5) is 5.88 Å². The molecule has 3 rings (SSSR count). The molecule has 0 spiro atoms. The quantitative estimate of drug-likeness (QED) is 0.651. The van der Waals surface area contributed by atoms with Crippen LogP contribution >= 0.6 is 0 Å². The van der Waals surface area contributed by atoms with E-state index in [2.05, 4.69) is 10.3 Å². The summed E-state index contributed by atoms with van der Waals surface area (Å²) >= 11 is 0. The maximum atomic E-state index is 5.47. The fraction of sp³-hybridized carbons (Fsp3) is 0. The molecule has 2 aromatic heterocycles. The Morgan fingerprint density at radius 3 is 2.93 bits per heavy atom. The molecule has 0 aliphatic rings. The number of hydrogen-bond acceptors (Lipinski definition) is 5. The molecule has 0 amide bonds. The summed E-state index contributed by atoms with van der Waals surface area (Å²) in [5, 5.41) is 8.47. The third kappa shape index (κ3) is 1.17. The van der Waals surface area contributed by atoms with E-state index in [1.54, 1.807) is 12.3 Å². The van der Waals surface area contributed by atoms with Crippen LogP contribution in [0.5, 0.6) is 0 Å². The summed E-state index contributed by atoms with van der Waals surface area (Å²) in [5.41, 5.74) is 7.76. The summed E-state index contributed by atoms with van der Waals surface area (Å²) in [7, 11) is 0. The third-order valence-corrected chi connectivity index (χ3v) is 2.20. The second kappa shape index (κ2) is 2.84.